The van der Waals surface area contributed by atoms with Gasteiger partial charge in [0.15, 0.2) is 5.13 Å². The number of thiazole rings is 1. The van der Waals surface area contributed by atoms with Gasteiger partial charge < -0.3 is 10.6 Å². The van der Waals surface area contributed by atoms with Gasteiger partial charge in [-0.25, -0.2) is 9.78 Å². The summed E-state index contributed by atoms with van der Waals surface area (Å²) in [5.74, 6) is -0.441. The number of carbonyl (C=O) groups excluding carboxylic acids is 3. The normalized spacial score (nSPS) is 19.2. The second-order valence-corrected chi connectivity index (χ2v) is 7.85. The summed E-state index contributed by atoms with van der Waals surface area (Å²) in [6, 6.07) is 7.26. The molecule has 4 rings (SSSR count). The number of imide groups is 1. The smallest absolute Gasteiger partial charge is 0.323 e. The lowest BCUT2D eigenvalue weighted by molar-refractivity contribution is -0.132. The van der Waals surface area contributed by atoms with Crippen molar-refractivity contribution >= 4 is 44.5 Å². The molecule has 1 saturated heterocycles. The van der Waals surface area contributed by atoms with Gasteiger partial charge in [0.1, 0.15) is 5.54 Å². The maximum Gasteiger partial charge on any atom is 0.325 e. The molecule has 0 bridgehead atoms. The van der Waals surface area contributed by atoms with Crippen molar-refractivity contribution < 1.29 is 14.4 Å². The summed E-state index contributed by atoms with van der Waals surface area (Å²) < 4.78 is 0.996. The zero-order valence-electron chi connectivity index (χ0n) is 14.3. The Labute approximate surface area is 154 Å². The van der Waals surface area contributed by atoms with Crippen molar-refractivity contribution in [3.8, 4) is 0 Å². The van der Waals surface area contributed by atoms with Crippen LogP contribution in [0.2, 0.25) is 0 Å². The standard InChI is InChI=1S/C18H20N4O3S/c23-14(20-16-19-12-6-2-3-7-13(12)26-16)8-11-22-15(24)18(21-17(22)25)9-4-1-5-10-18/h2-3,6-7H,1,4-5,8-11H2,(H,21,25)(H,19,20,23). The van der Waals surface area contributed by atoms with Crippen molar-refractivity contribution in [1.29, 1.82) is 0 Å². The molecule has 1 aromatic carbocycles. The number of para-hydroxylation sites is 1. The molecule has 2 N–H and O–H groups in total. The quantitative estimate of drug-likeness (QED) is 0.808. The molecule has 2 aliphatic rings. The van der Waals surface area contributed by atoms with E-state index >= 15 is 0 Å². The summed E-state index contributed by atoms with van der Waals surface area (Å²) in [6.07, 6.45) is 4.41. The van der Waals surface area contributed by atoms with E-state index in [1.807, 2.05) is 24.3 Å². The van der Waals surface area contributed by atoms with Crippen LogP contribution in [0.4, 0.5) is 9.93 Å². The van der Waals surface area contributed by atoms with Gasteiger partial charge in [0.25, 0.3) is 5.91 Å². The number of anilines is 1. The highest BCUT2D eigenvalue weighted by molar-refractivity contribution is 7.22. The fourth-order valence-electron chi connectivity index (χ4n) is 3.69. The van der Waals surface area contributed by atoms with Crippen LogP contribution in [0.15, 0.2) is 24.3 Å². The van der Waals surface area contributed by atoms with Crippen LogP contribution in [-0.2, 0) is 9.59 Å². The van der Waals surface area contributed by atoms with Gasteiger partial charge >= 0.3 is 6.03 Å². The Bertz CT molecular complexity index is 839. The van der Waals surface area contributed by atoms with Crippen molar-refractivity contribution in [3.05, 3.63) is 24.3 Å². The molecule has 1 spiro atoms. The van der Waals surface area contributed by atoms with Gasteiger partial charge in [-0.15, -0.1) is 0 Å². The van der Waals surface area contributed by atoms with Crippen LogP contribution in [0.1, 0.15) is 38.5 Å². The van der Waals surface area contributed by atoms with Crippen LogP contribution in [0.25, 0.3) is 10.2 Å². The van der Waals surface area contributed by atoms with Gasteiger partial charge in [0, 0.05) is 13.0 Å². The average molecular weight is 372 g/mol. The molecule has 7 nitrogen and oxygen atoms in total. The Balaban J connectivity index is 1.36. The monoisotopic (exact) mass is 372 g/mol. The van der Waals surface area contributed by atoms with Crippen LogP contribution in [0.3, 0.4) is 0 Å². The summed E-state index contributed by atoms with van der Waals surface area (Å²) in [5.41, 5.74) is 0.0971. The van der Waals surface area contributed by atoms with E-state index in [-0.39, 0.29) is 30.8 Å². The summed E-state index contributed by atoms with van der Waals surface area (Å²) in [5, 5.41) is 6.14. The molecule has 1 aliphatic carbocycles. The molecule has 4 amide bonds. The molecule has 1 aliphatic heterocycles. The number of rotatable bonds is 4. The number of hydrogen-bond donors (Lipinski definition) is 2. The van der Waals surface area contributed by atoms with Gasteiger partial charge in [-0.2, -0.15) is 0 Å². The van der Waals surface area contributed by atoms with E-state index in [0.717, 1.165) is 29.5 Å². The maximum atomic E-state index is 12.7. The SMILES string of the molecule is O=C(CCN1C(=O)NC2(CCCCC2)C1=O)Nc1nc2ccccc2s1. The molecule has 8 heteroatoms. The van der Waals surface area contributed by atoms with E-state index in [9.17, 15) is 14.4 Å². The third kappa shape index (κ3) is 3.05. The minimum absolute atomic E-state index is 0.0607. The van der Waals surface area contributed by atoms with Crippen LogP contribution in [0, 0.1) is 0 Å². The van der Waals surface area contributed by atoms with Gasteiger partial charge in [-0.3, -0.25) is 14.5 Å². The first-order valence-electron chi connectivity index (χ1n) is 8.87. The number of urea groups is 1. The molecule has 136 valence electrons. The number of nitrogens with zero attached hydrogens (tertiary/aromatic N) is 2. The molecule has 2 aromatic rings. The average Bonchev–Trinajstić information content (AvgIpc) is 3.13. The number of aromatic nitrogens is 1. The maximum absolute atomic E-state index is 12.7. The summed E-state index contributed by atoms with van der Waals surface area (Å²) >= 11 is 1.40. The van der Waals surface area contributed by atoms with Crippen molar-refractivity contribution in [1.82, 2.24) is 15.2 Å². The molecule has 0 radical (unpaired) electrons. The molecule has 26 heavy (non-hydrogen) atoms. The summed E-state index contributed by atoms with van der Waals surface area (Å²) in [4.78, 5) is 42.6. The molecule has 1 saturated carbocycles. The second-order valence-electron chi connectivity index (χ2n) is 6.81. The van der Waals surface area contributed by atoms with E-state index in [2.05, 4.69) is 15.6 Å². The predicted molar refractivity (Wildman–Crippen MR) is 98.9 cm³/mol. The van der Waals surface area contributed by atoms with E-state index in [0.29, 0.717) is 18.0 Å². The molecule has 0 atom stereocenters. The van der Waals surface area contributed by atoms with E-state index < -0.39 is 5.54 Å². The lowest BCUT2D eigenvalue weighted by Gasteiger charge is -2.30. The Hall–Kier alpha value is -2.48. The fourth-order valence-corrected chi connectivity index (χ4v) is 4.58. The highest BCUT2D eigenvalue weighted by Crippen LogP contribution is 2.33. The highest BCUT2D eigenvalue weighted by atomic mass is 32.1. The lowest BCUT2D eigenvalue weighted by atomic mass is 9.82. The molecular weight excluding hydrogens is 352 g/mol. The lowest BCUT2D eigenvalue weighted by Crippen LogP contribution is -2.48. The van der Waals surface area contributed by atoms with Crippen LogP contribution in [0.5, 0.6) is 0 Å². The van der Waals surface area contributed by atoms with Crippen LogP contribution in [-0.4, -0.2) is 39.8 Å². The first-order chi connectivity index (χ1) is 12.6. The Morgan fingerprint density at radius 3 is 2.77 bits per heavy atom. The third-order valence-corrected chi connectivity index (χ3v) is 6.01. The zero-order valence-corrected chi connectivity index (χ0v) is 15.1. The molecule has 0 unspecified atom stereocenters. The minimum Gasteiger partial charge on any atom is -0.323 e. The molecule has 2 fully saturated rings. The van der Waals surface area contributed by atoms with Gasteiger partial charge in [0.05, 0.1) is 10.2 Å². The number of amides is 4. The van der Waals surface area contributed by atoms with Crippen molar-refractivity contribution in [2.75, 3.05) is 11.9 Å². The highest BCUT2D eigenvalue weighted by Gasteiger charge is 2.51. The molecular formula is C18H20N4O3S. The zero-order chi connectivity index (χ0) is 18.1. The topological polar surface area (TPSA) is 91.4 Å². The first kappa shape index (κ1) is 17.0. The number of fused-ring (bicyclic) bond motifs is 1. The molecule has 2 heterocycles. The van der Waals surface area contributed by atoms with Crippen LogP contribution >= 0.6 is 11.3 Å². The Morgan fingerprint density at radius 2 is 2.00 bits per heavy atom. The number of benzene rings is 1. The minimum atomic E-state index is -0.737. The third-order valence-electron chi connectivity index (χ3n) is 5.06. The number of hydrogen-bond acceptors (Lipinski definition) is 5. The van der Waals surface area contributed by atoms with Crippen molar-refractivity contribution in [2.45, 2.75) is 44.1 Å². The molecule has 1 aromatic heterocycles. The largest absolute Gasteiger partial charge is 0.325 e. The van der Waals surface area contributed by atoms with Crippen molar-refractivity contribution in [2.24, 2.45) is 0 Å². The van der Waals surface area contributed by atoms with Crippen molar-refractivity contribution in [3.63, 3.8) is 0 Å². The Kier molecular flexibility index (Phi) is 4.36. The van der Waals surface area contributed by atoms with Gasteiger partial charge in [-0.05, 0) is 25.0 Å². The second kappa shape index (κ2) is 6.68. The predicted octanol–water partition coefficient (Wildman–Crippen LogP) is 2.88. The number of nitrogens with one attached hydrogen (secondary N) is 2. The Morgan fingerprint density at radius 1 is 1.23 bits per heavy atom. The van der Waals surface area contributed by atoms with Crippen LogP contribution < -0.4 is 10.6 Å². The summed E-state index contributed by atoms with van der Waals surface area (Å²) in [7, 11) is 0. The first-order valence-corrected chi connectivity index (χ1v) is 9.69. The van der Waals surface area contributed by atoms with E-state index in [1.54, 1.807) is 0 Å². The van der Waals surface area contributed by atoms with E-state index in [1.165, 1.54) is 16.2 Å². The fraction of sp³-hybridized carbons (Fsp3) is 0.444. The summed E-state index contributed by atoms with van der Waals surface area (Å²) in [6.45, 7) is 0.0865. The van der Waals surface area contributed by atoms with Gasteiger partial charge in [-0.1, -0.05) is 42.7 Å². The van der Waals surface area contributed by atoms with E-state index in [4.69, 9.17) is 0 Å². The number of carbonyl (C=O) groups is 3. The van der Waals surface area contributed by atoms with Gasteiger partial charge in [0.2, 0.25) is 5.91 Å².